The standard InChI is InChI=1S/C21H25N3/c1-14-6-5-7-17-18(13-22-20(14)17)21(23(2)3)16-8-9-19-15(12-16)10-11-24(19)4/h5-9,12-13,21-22H,10-11H2,1-4H3. The maximum atomic E-state index is 3.49. The van der Waals surface area contributed by atoms with Gasteiger partial charge in [0.1, 0.15) is 0 Å². The van der Waals surface area contributed by atoms with Gasteiger partial charge in [-0.25, -0.2) is 0 Å². The predicted molar refractivity (Wildman–Crippen MR) is 102 cm³/mol. The summed E-state index contributed by atoms with van der Waals surface area (Å²) in [5.41, 5.74) is 8.12. The van der Waals surface area contributed by atoms with Crippen LogP contribution < -0.4 is 4.90 Å². The van der Waals surface area contributed by atoms with Crippen LogP contribution in [-0.4, -0.2) is 37.6 Å². The molecule has 1 aliphatic heterocycles. The van der Waals surface area contributed by atoms with Crippen LogP contribution in [0.4, 0.5) is 5.69 Å². The highest BCUT2D eigenvalue weighted by molar-refractivity contribution is 5.86. The molecule has 1 atom stereocenters. The first-order valence-corrected chi connectivity index (χ1v) is 8.63. The average molecular weight is 319 g/mol. The van der Waals surface area contributed by atoms with E-state index in [0.717, 1.165) is 13.0 Å². The van der Waals surface area contributed by atoms with Crippen LogP contribution in [0.5, 0.6) is 0 Å². The number of aryl methyl sites for hydroxylation is 1. The van der Waals surface area contributed by atoms with Crippen LogP contribution in [-0.2, 0) is 6.42 Å². The van der Waals surface area contributed by atoms with E-state index in [9.17, 15) is 0 Å². The van der Waals surface area contributed by atoms with Crippen molar-refractivity contribution in [2.24, 2.45) is 0 Å². The van der Waals surface area contributed by atoms with E-state index in [2.05, 4.69) is 85.4 Å². The molecule has 24 heavy (non-hydrogen) atoms. The van der Waals surface area contributed by atoms with Crippen LogP contribution in [0.15, 0.2) is 42.6 Å². The van der Waals surface area contributed by atoms with Gasteiger partial charge in [0.15, 0.2) is 0 Å². The molecule has 124 valence electrons. The zero-order valence-corrected chi connectivity index (χ0v) is 14.9. The number of benzene rings is 2. The van der Waals surface area contributed by atoms with Gasteiger partial charge in [0, 0.05) is 36.4 Å². The summed E-state index contributed by atoms with van der Waals surface area (Å²) < 4.78 is 0. The predicted octanol–water partition coefficient (Wildman–Crippen LogP) is 4.12. The fourth-order valence-corrected chi connectivity index (χ4v) is 4.07. The summed E-state index contributed by atoms with van der Waals surface area (Å²) in [6.45, 7) is 3.29. The maximum Gasteiger partial charge on any atom is 0.0618 e. The molecular formula is C21H25N3. The summed E-state index contributed by atoms with van der Waals surface area (Å²) in [5.74, 6) is 0. The van der Waals surface area contributed by atoms with Gasteiger partial charge in [0.25, 0.3) is 0 Å². The lowest BCUT2D eigenvalue weighted by molar-refractivity contribution is 0.344. The lowest BCUT2D eigenvalue weighted by atomic mass is 9.94. The second-order valence-electron chi connectivity index (χ2n) is 7.17. The number of aromatic amines is 1. The van der Waals surface area contributed by atoms with Crippen molar-refractivity contribution in [3.8, 4) is 0 Å². The van der Waals surface area contributed by atoms with E-state index in [1.165, 1.54) is 38.8 Å². The molecule has 1 aromatic heterocycles. The fraction of sp³-hybridized carbons (Fsp3) is 0.333. The Morgan fingerprint density at radius 2 is 2.00 bits per heavy atom. The molecule has 2 heterocycles. The zero-order chi connectivity index (χ0) is 16.8. The molecule has 0 radical (unpaired) electrons. The third kappa shape index (κ3) is 2.31. The SMILES string of the molecule is Cc1cccc2c(C(c3ccc4c(c3)CCN4C)N(C)C)c[nH]c12. The van der Waals surface area contributed by atoms with Crippen LogP contribution in [0.25, 0.3) is 10.9 Å². The lowest BCUT2D eigenvalue weighted by Gasteiger charge is -2.25. The number of hydrogen-bond acceptors (Lipinski definition) is 2. The Labute approximate surface area is 143 Å². The summed E-state index contributed by atoms with van der Waals surface area (Å²) in [4.78, 5) is 8.14. The number of rotatable bonds is 3. The fourth-order valence-electron chi connectivity index (χ4n) is 4.07. The van der Waals surface area contributed by atoms with E-state index in [-0.39, 0.29) is 6.04 Å². The zero-order valence-electron chi connectivity index (χ0n) is 14.9. The topological polar surface area (TPSA) is 22.3 Å². The number of nitrogens with one attached hydrogen (secondary N) is 1. The van der Waals surface area contributed by atoms with E-state index in [4.69, 9.17) is 0 Å². The summed E-state index contributed by atoms with van der Waals surface area (Å²) in [7, 11) is 6.51. The minimum absolute atomic E-state index is 0.261. The molecule has 0 fully saturated rings. The van der Waals surface area contributed by atoms with Gasteiger partial charge in [0.2, 0.25) is 0 Å². The minimum Gasteiger partial charge on any atom is -0.374 e. The number of likely N-dealkylation sites (N-methyl/N-ethyl adjacent to an activating group) is 1. The highest BCUT2D eigenvalue weighted by atomic mass is 15.1. The molecule has 2 aromatic carbocycles. The Hall–Kier alpha value is -2.26. The van der Waals surface area contributed by atoms with Crippen molar-refractivity contribution in [1.82, 2.24) is 9.88 Å². The molecule has 0 aliphatic carbocycles. The molecule has 0 spiro atoms. The van der Waals surface area contributed by atoms with Crippen molar-refractivity contribution >= 4 is 16.6 Å². The van der Waals surface area contributed by atoms with Crippen molar-refractivity contribution in [3.05, 3.63) is 64.8 Å². The van der Waals surface area contributed by atoms with E-state index in [1.807, 2.05) is 0 Å². The first kappa shape index (κ1) is 15.3. The normalized spacial score (nSPS) is 15.3. The van der Waals surface area contributed by atoms with E-state index >= 15 is 0 Å². The van der Waals surface area contributed by atoms with Gasteiger partial charge in [0.05, 0.1) is 6.04 Å². The van der Waals surface area contributed by atoms with Gasteiger partial charge in [-0.15, -0.1) is 0 Å². The van der Waals surface area contributed by atoms with Gasteiger partial charge < -0.3 is 9.88 Å². The molecule has 3 nitrogen and oxygen atoms in total. The second kappa shape index (κ2) is 5.67. The highest BCUT2D eigenvalue weighted by Gasteiger charge is 2.23. The number of H-pyrrole nitrogens is 1. The highest BCUT2D eigenvalue weighted by Crippen LogP contribution is 2.36. The summed E-state index contributed by atoms with van der Waals surface area (Å²) in [6.07, 6.45) is 3.33. The molecule has 0 amide bonds. The Bertz CT molecular complexity index is 891. The Morgan fingerprint density at radius 1 is 1.17 bits per heavy atom. The largest absolute Gasteiger partial charge is 0.374 e. The molecular weight excluding hydrogens is 294 g/mol. The van der Waals surface area contributed by atoms with Crippen molar-refractivity contribution in [1.29, 1.82) is 0 Å². The van der Waals surface area contributed by atoms with Crippen molar-refractivity contribution in [2.45, 2.75) is 19.4 Å². The minimum atomic E-state index is 0.261. The Balaban J connectivity index is 1.84. The molecule has 0 saturated carbocycles. The van der Waals surface area contributed by atoms with Crippen LogP contribution in [0.2, 0.25) is 0 Å². The molecule has 4 rings (SSSR count). The van der Waals surface area contributed by atoms with Crippen LogP contribution >= 0.6 is 0 Å². The number of hydrogen-bond donors (Lipinski definition) is 1. The maximum absolute atomic E-state index is 3.49. The third-order valence-corrected chi connectivity index (χ3v) is 5.31. The van der Waals surface area contributed by atoms with E-state index < -0.39 is 0 Å². The van der Waals surface area contributed by atoms with Gasteiger partial charge in [-0.3, -0.25) is 4.90 Å². The quantitative estimate of drug-likeness (QED) is 0.784. The first-order valence-electron chi connectivity index (χ1n) is 8.63. The third-order valence-electron chi connectivity index (χ3n) is 5.31. The van der Waals surface area contributed by atoms with E-state index in [0.29, 0.717) is 0 Å². The number of nitrogens with zero attached hydrogens (tertiary/aromatic N) is 2. The molecule has 1 unspecified atom stereocenters. The molecule has 3 heteroatoms. The lowest BCUT2D eigenvalue weighted by Crippen LogP contribution is -2.21. The van der Waals surface area contributed by atoms with Gasteiger partial charge in [-0.05, 0) is 55.8 Å². The Morgan fingerprint density at radius 3 is 2.79 bits per heavy atom. The molecule has 1 N–H and O–H groups in total. The summed E-state index contributed by atoms with van der Waals surface area (Å²) in [5, 5.41) is 1.33. The molecule has 3 aromatic rings. The van der Waals surface area contributed by atoms with Gasteiger partial charge >= 0.3 is 0 Å². The van der Waals surface area contributed by atoms with Gasteiger partial charge in [-0.2, -0.15) is 0 Å². The summed E-state index contributed by atoms with van der Waals surface area (Å²) in [6, 6.07) is 13.8. The van der Waals surface area contributed by atoms with Crippen molar-refractivity contribution in [2.75, 3.05) is 32.6 Å². The summed E-state index contributed by atoms with van der Waals surface area (Å²) >= 11 is 0. The molecule has 1 aliphatic rings. The van der Waals surface area contributed by atoms with Crippen LogP contribution in [0.3, 0.4) is 0 Å². The first-order chi connectivity index (χ1) is 11.6. The van der Waals surface area contributed by atoms with Crippen molar-refractivity contribution in [3.63, 3.8) is 0 Å². The van der Waals surface area contributed by atoms with Crippen LogP contribution in [0.1, 0.15) is 28.3 Å². The van der Waals surface area contributed by atoms with Crippen LogP contribution in [0, 0.1) is 6.92 Å². The second-order valence-corrected chi connectivity index (χ2v) is 7.17. The smallest absolute Gasteiger partial charge is 0.0618 e. The number of fused-ring (bicyclic) bond motifs is 2. The monoisotopic (exact) mass is 319 g/mol. The average Bonchev–Trinajstić information content (AvgIpc) is 3.13. The van der Waals surface area contributed by atoms with Gasteiger partial charge in [-0.1, -0.05) is 30.3 Å². The number of anilines is 1. The Kier molecular flexibility index (Phi) is 3.61. The number of aromatic nitrogens is 1. The molecule has 0 saturated heterocycles. The van der Waals surface area contributed by atoms with E-state index in [1.54, 1.807) is 0 Å². The number of para-hydroxylation sites is 1. The van der Waals surface area contributed by atoms with Crippen molar-refractivity contribution < 1.29 is 0 Å². The molecule has 0 bridgehead atoms.